The number of carbonyl (C=O) groups is 3. The number of methoxy groups -OCH3 is 1. The SMILES string of the molecule is COc1cccc(C(=O)COC(=O)c2ccc(NC(=O)c3ccc(Cl)cc3)cc2)c1. The maximum atomic E-state index is 12.2. The molecule has 3 aromatic carbocycles. The van der Waals surface area contributed by atoms with Crippen LogP contribution in [0.5, 0.6) is 5.75 Å². The van der Waals surface area contributed by atoms with Gasteiger partial charge in [0.15, 0.2) is 12.4 Å². The van der Waals surface area contributed by atoms with Gasteiger partial charge in [-0.3, -0.25) is 9.59 Å². The van der Waals surface area contributed by atoms with Gasteiger partial charge >= 0.3 is 5.97 Å². The Kier molecular flexibility index (Phi) is 6.83. The third kappa shape index (κ3) is 5.46. The van der Waals surface area contributed by atoms with Gasteiger partial charge < -0.3 is 14.8 Å². The van der Waals surface area contributed by atoms with E-state index in [9.17, 15) is 14.4 Å². The van der Waals surface area contributed by atoms with E-state index in [1.54, 1.807) is 60.7 Å². The molecule has 0 aliphatic heterocycles. The first-order valence-electron chi connectivity index (χ1n) is 8.97. The van der Waals surface area contributed by atoms with E-state index in [0.717, 1.165) is 0 Å². The smallest absolute Gasteiger partial charge is 0.338 e. The van der Waals surface area contributed by atoms with Crippen LogP contribution in [0.3, 0.4) is 0 Å². The number of esters is 1. The molecule has 0 saturated heterocycles. The average Bonchev–Trinajstić information content (AvgIpc) is 2.78. The van der Waals surface area contributed by atoms with Crippen LogP contribution in [0.25, 0.3) is 0 Å². The van der Waals surface area contributed by atoms with E-state index in [1.807, 2.05) is 0 Å². The molecule has 0 aliphatic carbocycles. The zero-order valence-electron chi connectivity index (χ0n) is 16.1. The van der Waals surface area contributed by atoms with E-state index in [0.29, 0.717) is 27.6 Å². The molecule has 30 heavy (non-hydrogen) atoms. The first-order chi connectivity index (χ1) is 14.5. The Morgan fingerprint density at radius 2 is 1.53 bits per heavy atom. The molecule has 6 nitrogen and oxygen atoms in total. The molecule has 1 amide bonds. The van der Waals surface area contributed by atoms with Gasteiger partial charge in [-0.15, -0.1) is 0 Å². The highest BCUT2D eigenvalue weighted by atomic mass is 35.5. The molecule has 1 N–H and O–H groups in total. The van der Waals surface area contributed by atoms with Crippen LogP contribution in [0.15, 0.2) is 72.8 Å². The maximum Gasteiger partial charge on any atom is 0.338 e. The summed E-state index contributed by atoms with van der Waals surface area (Å²) in [6.45, 7) is -0.388. The highest BCUT2D eigenvalue weighted by molar-refractivity contribution is 6.30. The molecular weight excluding hydrogens is 406 g/mol. The van der Waals surface area contributed by atoms with Crippen molar-refractivity contribution in [1.29, 1.82) is 0 Å². The Labute approximate surface area is 178 Å². The normalized spacial score (nSPS) is 10.2. The molecule has 0 unspecified atom stereocenters. The first kappa shape index (κ1) is 21.1. The summed E-state index contributed by atoms with van der Waals surface area (Å²) in [4.78, 5) is 36.6. The van der Waals surface area contributed by atoms with Crippen LogP contribution in [-0.4, -0.2) is 31.4 Å². The van der Waals surface area contributed by atoms with Crippen LogP contribution in [0, 0.1) is 0 Å². The average molecular weight is 424 g/mol. The van der Waals surface area contributed by atoms with Crippen molar-refractivity contribution >= 4 is 34.9 Å². The summed E-state index contributed by atoms with van der Waals surface area (Å²) in [7, 11) is 1.51. The van der Waals surface area contributed by atoms with Gasteiger partial charge in [-0.2, -0.15) is 0 Å². The summed E-state index contributed by atoms with van der Waals surface area (Å²) >= 11 is 5.82. The number of ketones is 1. The molecule has 3 rings (SSSR count). The van der Waals surface area contributed by atoms with Crippen molar-refractivity contribution in [3.05, 3.63) is 94.5 Å². The van der Waals surface area contributed by atoms with Gasteiger partial charge in [-0.1, -0.05) is 23.7 Å². The second kappa shape index (κ2) is 9.71. The lowest BCUT2D eigenvalue weighted by atomic mass is 10.1. The van der Waals surface area contributed by atoms with Crippen LogP contribution in [0.2, 0.25) is 5.02 Å². The molecule has 0 radical (unpaired) electrons. The molecule has 0 spiro atoms. The lowest BCUT2D eigenvalue weighted by Gasteiger charge is -2.08. The van der Waals surface area contributed by atoms with Crippen LogP contribution in [0.1, 0.15) is 31.1 Å². The van der Waals surface area contributed by atoms with Gasteiger partial charge in [-0.25, -0.2) is 4.79 Å². The summed E-state index contributed by atoms with van der Waals surface area (Å²) in [6.07, 6.45) is 0. The first-order valence-corrected chi connectivity index (χ1v) is 9.35. The van der Waals surface area contributed by atoms with Gasteiger partial charge in [0.05, 0.1) is 12.7 Å². The van der Waals surface area contributed by atoms with E-state index in [1.165, 1.54) is 19.2 Å². The quantitative estimate of drug-likeness (QED) is 0.442. The van der Waals surface area contributed by atoms with Gasteiger partial charge in [0.25, 0.3) is 5.91 Å². The second-order valence-electron chi connectivity index (χ2n) is 6.27. The number of halogens is 1. The molecule has 3 aromatic rings. The standard InChI is InChI=1S/C23H18ClNO5/c1-29-20-4-2-3-17(13-20)21(26)14-30-23(28)16-7-11-19(12-8-16)25-22(27)15-5-9-18(24)10-6-15/h2-13H,14H2,1H3,(H,25,27). The topological polar surface area (TPSA) is 81.7 Å². The Morgan fingerprint density at radius 3 is 2.20 bits per heavy atom. The third-order valence-electron chi connectivity index (χ3n) is 4.21. The molecular formula is C23H18ClNO5. The van der Waals surface area contributed by atoms with Gasteiger partial charge in [-0.05, 0) is 60.7 Å². The van der Waals surface area contributed by atoms with Crippen molar-refractivity contribution in [3.8, 4) is 5.75 Å². The summed E-state index contributed by atoms with van der Waals surface area (Å²) in [5, 5.41) is 3.27. The number of ether oxygens (including phenoxy) is 2. The number of benzene rings is 3. The van der Waals surface area contributed by atoms with Crippen molar-refractivity contribution in [2.75, 3.05) is 19.0 Å². The number of carbonyl (C=O) groups excluding carboxylic acids is 3. The number of hydrogen-bond acceptors (Lipinski definition) is 5. The van der Waals surface area contributed by atoms with Gasteiger partial charge in [0.2, 0.25) is 0 Å². The second-order valence-corrected chi connectivity index (χ2v) is 6.71. The lowest BCUT2D eigenvalue weighted by Crippen LogP contribution is -2.15. The molecule has 0 bridgehead atoms. The molecule has 0 fully saturated rings. The van der Waals surface area contributed by atoms with Crippen molar-refractivity contribution in [2.24, 2.45) is 0 Å². The minimum Gasteiger partial charge on any atom is -0.497 e. The molecule has 7 heteroatoms. The number of nitrogens with one attached hydrogen (secondary N) is 1. The monoisotopic (exact) mass is 423 g/mol. The molecule has 0 aromatic heterocycles. The van der Waals surface area contributed by atoms with Crippen molar-refractivity contribution < 1.29 is 23.9 Å². The number of rotatable bonds is 7. The molecule has 152 valence electrons. The number of Topliss-reactive ketones (excluding diaryl/α,β-unsaturated/α-hetero) is 1. The van der Waals surface area contributed by atoms with Gasteiger partial charge in [0, 0.05) is 21.8 Å². The Bertz CT molecular complexity index is 1060. The van der Waals surface area contributed by atoms with Crippen molar-refractivity contribution in [1.82, 2.24) is 0 Å². The molecule has 0 heterocycles. The predicted octanol–water partition coefficient (Wildman–Crippen LogP) is 4.64. The molecule has 0 saturated carbocycles. The fraction of sp³-hybridized carbons (Fsp3) is 0.0870. The van der Waals surface area contributed by atoms with E-state index < -0.39 is 5.97 Å². The van der Waals surface area contributed by atoms with E-state index >= 15 is 0 Å². The third-order valence-corrected chi connectivity index (χ3v) is 4.46. The fourth-order valence-corrected chi connectivity index (χ4v) is 2.71. The van der Waals surface area contributed by atoms with Crippen LogP contribution < -0.4 is 10.1 Å². The van der Waals surface area contributed by atoms with Crippen LogP contribution >= 0.6 is 11.6 Å². The van der Waals surface area contributed by atoms with E-state index in [-0.39, 0.29) is 23.9 Å². The fourth-order valence-electron chi connectivity index (χ4n) is 2.59. The summed E-state index contributed by atoms with van der Waals surface area (Å²) in [5.74, 6) is -0.731. The zero-order valence-corrected chi connectivity index (χ0v) is 16.8. The number of hydrogen-bond donors (Lipinski definition) is 1. The number of amides is 1. The van der Waals surface area contributed by atoms with Crippen LogP contribution in [-0.2, 0) is 4.74 Å². The highest BCUT2D eigenvalue weighted by Crippen LogP contribution is 2.15. The minimum atomic E-state index is -0.637. The molecule has 0 aliphatic rings. The van der Waals surface area contributed by atoms with Crippen molar-refractivity contribution in [3.63, 3.8) is 0 Å². The Balaban J connectivity index is 1.56. The summed E-state index contributed by atoms with van der Waals surface area (Å²) in [6, 6.07) is 19.3. The van der Waals surface area contributed by atoms with Crippen molar-refractivity contribution in [2.45, 2.75) is 0 Å². The maximum absolute atomic E-state index is 12.2. The Hall–Kier alpha value is -3.64. The molecule has 0 atom stereocenters. The highest BCUT2D eigenvalue weighted by Gasteiger charge is 2.13. The number of anilines is 1. The lowest BCUT2D eigenvalue weighted by molar-refractivity contribution is 0.0474. The minimum absolute atomic E-state index is 0.262. The van der Waals surface area contributed by atoms with E-state index in [2.05, 4.69) is 5.32 Å². The summed E-state index contributed by atoms with van der Waals surface area (Å²) < 4.78 is 10.2. The summed E-state index contributed by atoms with van der Waals surface area (Å²) in [5.41, 5.74) is 1.62. The van der Waals surface area contributed by atoms with Gasteiger partial charge in [0.1, 0.15) is 5.75 Å². The predicted molar refractivity (Wildman–Crippen MR) is 113 cm³/mol. The van der Waals surface area contributed by atoms with Crippen LogP contribution in [0.4, 0.5) is 5.69 Å². The van der Waals surface area contributed by atoms with E-state index in [4.69, 9.17) is 21.1 Å². The largest absolute Gasteiger partial charge is 0.497 e. The Morgan fingerprint density at radius 1 is 0.867 bits per heavy atom. The zero-order chi connectivity index (χ0) is 21.5.